The highest BCUT2D eigenvalue weighted by molar-refractivity contribution is 6.04. The molecule has 0 aliphatic heterocycles. The Morgan fingerprint density at radius 3 is 2.15 bits per heavy atom. The molecule has 6 nitrogen and oxygen atoms in total. The number of rotatable bonds is 7. The summed E-state index contributed by atoms with van der Waals surface area (Å²) in [4.78, 5) is 23.5. The standard InChI is InChI=1S/C14H17F7N4O2/c1-4-25-6-8(9(24-25)10(26)22-5-7(2)3)23-11(27)12(15,16)13(17,18)14(19,20)21/h6-7H,4-5H2,1-3H3,(H,22,26)(H,23,27). The number of aryl methyl sites for hydroxylation is 1. The van der Waals surface area contributed by atoms with Crippen LogP contribution in [0.2, 0.25) is 0 Å². The van der Waals surface area contributed by atoms with Crippen LogP contribution in [0.5, 0.6) is 0 Å². The number of aromatic nitrogens is 2. The van der Waals surface area contributed by atoms with Crippen molar-refractivity contribution in [3.8, 4) is 0 Å². The molecular formula is C14H17F7N4O2. The SMILES string of the molecule is CCn1cc(NC(=O)C(F)(F)C(F)(F)C(F)(F)F)c(C(=O)NCC(C)C)n1. The zero-order valence-corrected chi connectivity index (χ0v) is 14.4. The van der Waals surface area contributed by atoms with Gasteiger partial charge >= 0.3 is 23.9 Å². The van der Waals surface area contributed by atoms with Gasteiger partial charge in [-0.15, -0.1) is 0 Å². The molecule has 0 saturated heterocycles. The molecule has 0 saturated carbocycles. The molecule has 0 radical (unpaired) electrons. The zero-order valence-electron chi connectivity index (χ0n) is 14.4. The molecule has 1 rings (SSSR count). The topological polar surface area (TPSA) is 76.0 Å². The van der Waals surface area contributed by atoms with Crippen LogP contribution in [0.15, 0.2) is 6.20 Å². The van der Waals surface area contributed by atoms with Gasteiger partial charge in [-0.2, -0.15) is 35.8 Å². The average molecular weight is 406 g/mol. The molecule has 1 heterocycles. The van der Waals surface area contributed by atoms with Crippen LogP contribution in [0.1, 0.15) is 31.3 Å². The quantitative estimate of drug-likeness (QED) is 0.684. The fraction of sp³-hybridized carbons (Fsp3) is 0.643. The second-order valence-corrected chi connectivity index (χ2v) is 5.95. The molecule has 0 aromatic carbocycles. The fourth-order valence-electron chi connectivity index (χ4n) is 1.74. The summed E-state index contributed by atoms with van der Waals surface area (Å²) in [6.07, 6.45) is -5.79. The van der Waals surface area contributed by atoms with Gasteiger partial charge in [0.2, 0.25) is 0 Å². The van der Waals surface area contributed by atoms with Crippen LogP contribution in [0.4, 0.5) is 36.4 Å². The number of carbonyl (C=O) groups excluding carboxylic acids is 2. The number of amides is 2. The molecule has 0 bridgehead atoms. The van der Waals surface area contributed by atoms with Crippen LogP contribution >= 0.6 is 0 Å². The number of anilines is 1. The Kier molecular flexibility index (Phi) is 6.49. The van der Waals surface area contributed by atoms with E-state index in [4.69, 9.17) is 0 Å². The first-order valence-corrected chi connectivity index (χ1v) is 7.64. The van der Waals surface area contributed by atoms with Crippen LogP contribution in [-0.4, -0.2) is 46.2 Å². The van der Waals surface area contributed by atoms with Crippen LogP contribution in [-0.2, 0) is 11.3 Å². The van der Waals surface area contributed by atoms with Crippen molar-refractivity contribution in [3.05, 3.63) is 11.9 Å². The van der Waals surface area contributed by atoms with E-state index < -0.39 is 41.2 Å². The molecule has 0 atom stereocenters. The summed E-state index contributed by atoms with van der Waals surface area (Å²) in [5.41, 5.74) is -1.32. The molecule has 1 aromatic rings. The van der Waals surface area contributed by atoms with Crippen molar-refractivity contribution in [2.75, 3.05) is 11.9 Å². The lowest BCUT2D eigenvalue weighted by Gasteiger charge is -2.26. The Morgan fingerprint density at radius 1 is 1.15 bits per heavy atom. The molecule has 2 amide bonds. The predicted octanol–water partition coefficient (Wildman–Crippen LogP) is 3.06. The van der Waals surface area contributed by atoms with Gasteiger partial charge in [0.25, 0.3) is 5.91 Å². The lowest BCUT2D eigenvalue weighted by molar-refractivity contribution is -0.343. The van der Waals surface area contributed by atoms with E-state index in [2.05, 4.69) is 10.4 Å². The predicted molar refractivity (Wildman–Crippen MR) is 79.7 cm³/mol. The molecule has 0 fully saturated rings. The number of hydrogen-bond acceptors (Lipinski definition) is 3. The maximum Gasteiger partial charge on any atom is 0.460 e. The van der Waals surface area contributed by atoms with Crippen LogP contribution in [0.3, 0.4) is 0 Å². The van der Waals surface area contributed by atoms with Gasteiger partial charge in [0, 0.05) is 19.3 Å². The molecule has 0 unspecified atom stereocenters. The molecule has 1 aromatic heterocycles. The molecular weight excluding hydrogens is 389 g/mol. The van der Waals surface area contributed by atoms with Gasteiger partial charge in [-0.25, -0.2) is 0 Å². The summed E-state index contributed by atoms with van der Waals surface area (Å²) >= 11 is 0. The molecule has 27 heavy (non-hydrogen) atoms. The largest absolute Gasteiger partial charge is 0.460 e. The van der Waals surface area contributed by atoms with Gasteiger partial charge in [0.05, 0.1) is 5.69 Å². The third kappa shape index (κ3) is 4.69. The van der Waals surface area contributed by atoms with Crippen molar-refractivity contribution in [1.82, 2.24) is 15.1 Å². The van der Waals surface area contributed by atoms with E-state index in [1.54, 1.807) is 13.8 Å². The van der Waals surface area contributed by atoms with Gasteiger partial charge in [0.1, 0.15) is 0 Å². The van der Waals surface area contributed by atoms with Crippen molar-refractivity contribution in [2.45, 2.75) is 45.3 Å². The summed E-state index contributed by atoms with van der Waals surface area (Å²) in [6, 6.07) is 0. The number of nitrogens with one attached hydrogen (secondary N) is 2. The van der Waals surface area contributed by atoms with Gasteiger partial charge in [-0.05, 0) is 12.8 Å². The Hall–Kier alpha value is -2.34. The first-order valence-electron chi connectivity index (χ1n) is 7.64. The third-order valence-corrected chi connectivity index (χ3v) is 3.26. The van der Waals surface area contributed by atoms with Crippen LogP contribution < -0.4 is 10.6 Å². The summed E-state index contributed by atoms with van der Waals surface area (Å²) in [5.74, 6) is -16.6. The normalized spacial score (nSPS) is 13.0. The third-order valence-electron chi connectivity index (χ3n) is 3.26. The number of carbonyl (C=O) groups is 2. The Bertz CT molecular complexity index is 698. The van der Waals surface area contributed by atoms with Gasteiger partial charge in [-0.1, -0.05) is 13.8 Å². The molecule has 0 spiro atoms. The van der Waals surface area contributed by atoms with Gasteiger partial charge in [0.15, 0.2) is 5.69 Å². The van der Waals surface area contributed by atoms with E-state index in [-0.39, 0.29) is 19.0 Å². The fourth-order valence-corrected chi connectivity index (χ4v) is 1.74. The number of hydrogen-bond donors (Lipinski definition) is 2. The van der Waals surface area contributed by atoms with Crippen LogP contribution in [0.25, 0.3) is 0 Å². The first kappa shape index (κ1) is 22.7. The minimum atomic E-state index is -6.65. The Balaban J connectivity index is 3.15. The van der Waals surface area contributed by atoms with Crippen molar-refractivity contribution < 1.29 is 40.3 Å². The van der Waals surface area contributed by atoms with Crippen LogP contribution in [0, 0.1) is 5.92 Å². The average Bonchev–Trinajstić information content (AvgIpc) is 2.94. The Labute approximate surface area is 149 Å². The highest BCUT2D eigenvalue weighted by atomic mass is 19.4. The highest BCUT2D eigenvalue weighted by Crippen LogP contribution is 2.46. The van der Waals surface area contributed by atoms with Crippen molar-refractivity contribution in [2.24, 2.45) is 5.92 Å². The molecule has 2 N–H and O–H groups in total. The Morgan fingerprint density at radius 2 is 1.70 bits per heavy atom. The van der Waals surface area contributed by atoms with E-state index in [1.165, 1.54) is 12.2 Å². The lowest BCUT2D eigenvalue weighted by atomic mass is 10.1. The van der Waals surface area contributed by atoms with Crippen molar-refractivity contribution >= 4 is 17.5 Å². The lowest BCUT2D eigenvalue weighted by Crippen LogP contribution is -2.57. The van der Waals surface area contributed by atoms with Gasteiger partial charge in [-0.3, -0.25) is 14.3 Å². The second kappa shape index (κ2) is 7.72. The minimum absolute atomic E-state index is 0.00457. The number of nitrogens with zero attached hydrogens (tertiary/aromatic N) is 2. The maximum absolute atomic E-state index is 13.4. The summed E-state index contributed by atoms with van der Waals surface area (Å²) in [6.45, 7) is 5.27. The molecule has 0 aliphatic carbocycles. The van der Waals surface area contributed by atoms with Crippen molar-refractivity contribution in [1.29, 1.82) is 0 Å². The maximum atomic E-state index is 13.4. The second-order valence-electron chi connectivity index (χ2n) is 5.95. The first-order chi connectivity index (χ1) is 12.1. The smallest absolute Gasteiger partial charge is 0.350 e. The number of halogens is 7. The molecule has 13 heteroatoms. The number of alkyl halides is 7. The van der Waals surface area contributed by atoms with E-state index in [9.17, 15) is 40.3 Å². The monoisotopic (exact) mass is 406 g/mol. The van der Waals surface area contributed by atoms with E-state index >= 15 is 0 Å². The van der Waals surface area contributed by atoms with E-state index in [0.29, 0.717) is 0 Å². The van der Waals surface area contributed by atoms with E-state index in [0.717, 1.165) is 10.9 Å². The van der Waals surface area contributed by atoms with Gasteiger partial charge < -0.3 is 10.6 Å². The molecule has 154 valence electrons. The van der Waals surface area contributed by atoms with Crippen molar-refractivity contribution in [3.63, 3.8) is 0 Å². The summed E-state index contributed by atoms with van der Waals surface area (Å²) < 4.78 is 90.4. The molecule has 0 aliphatic rings. The zero-order chi connectivity index (χ0) is 21.2. The minimum Gasteiger partial charge on any atom is -0.350 e. The highest BCUT2D eigenvalue weighted by Gasteiger charge is 2.76. The summed E-state index contributed by atoms with van der Waals surface area (Å²) in [7, 11) is 0. The summed E-state index contributed by atoms with van der Waals surface area (Å²) in [5, 5.41) is 7.29. The van der Waals surface area contributed by atoms with E-state index in [1.807, 2.05) is 0 Å².